The van der Waals surface area contributed by atoms with Crippen LogP contribution in [0.1, 0.15) is 56.9 Å². The smallest absolute Gasteiger partial charge is 0.222 e. The lowest BCUT2D eigenvalue weighted by molar-refractivity contribution is -0.122. The summed E-state index contributed by atoms with van der Waals surface area (Å²) in [7, 11) is 0. The molecule has 3 aromatic heterocycles. The standard InChI is InChI=1S/C21H30N6O/c1-6-26-20-17(8-7-10-22-20)24-21(26)18(12-14(2)3)23-19(28)9-11-27-16(5)13-15(4)25-27/h7-8,10,13-14,18H,6,9,11-12H2,1-5H3,(H,23,28). The summed E-state index contributed by atoms with van der Waals surface area (Å²) >= 11 is 0. The van der Waals surface area contributed by atoms with Gasteiger partial charge in [-0.15, -0.1) is 0 Å². The summed E-state index contributed by atoms with van der Waals surface area (Å²) in [6.45, 7) is 11.7. The summed E-state index contributed by atoms with van der Waals surface area (Å²) in [4.78, 5) is 22.0. The van der Waals surface area contributed by atoms with Crippen molar-refractivity contribution in [1.29, 1.82) is 0 Å². The number of carbonyl (C=O) groups is 1. The lowest BCUT2D eigenvalue weighted by atomic mass is 10.0. The Kier molecular flexibility index (Phi) is 6.11. The van der Waals surface area contributed by atoms with Gasteiger partial charge in [-0.25, -0.2) is 9.97 Å². The van der Waals surface area contributed by atoms with Gasteiger partial charge >= 0.3 is 0 Å². The first-order chi connectivity index (χ1) is 13.4. The molecule has 7 nitrogen and oxygen atoms in total. The maximum atomic E-state index is 12.7. The Hall–Kier alpha value is -2.70. The van der Waals surface area contributed by atoms with Gasteiger partial charge in [0.1, 0.15) is 11.3 Å². The van der Waals surface area contributed by atoms with E-state index in [0.717, 1.165) is 41.3 Å². The topological polar surface area (TPSA) is 77.6 Å². The SMILES string of the molecule is CCn1c(C(CC(C)C)NC(=O)CCn2nc(C)cc2C)nc2cccnc21. The number of pyridine rings is 1. The van der Waals surface area contributed by atoms with Gasteiger partial charge in [0.05, 0.1) is 11.7 Å². The van der Waals surface area contributed by atoms with Crippen LogP contribution in [0.4, 0.5) is 0 Å². The Labute approximate surface area is 166 Å². The fraction of sp³-hybridized carbons (Fsp3) is 0.524. The molecule has 3 heterocycles. The van der Waals surface area contributed by atoms with Crippen LogP contribution in [0.15, 0.2) is 24.4 Å². The number of amides is 1. The molecule has 0 fully saturated rings. The number of hydrogen-bond acceptors (Lipinski definition) is 4. The number of rotatable bonds is 8. The predicted octanol–water partition coefficient (Wildman–Crippen LogP) is 3.56. The van der Waals surface area contributed by atoms with Crippen LogP contribution >= 0.6 is 0 Å². The zero-order chi connectivity index (χ0) is 20.3. The second kappa shape index (κ2) is 8.54. The highest BCUT2D eigenvalue weighted by Crippen LogP contribution is 2.24. The minimum Gasteiger partial charge on any atom is -0.346 e. The fourth-order valence-corrected chi connectivity index (χ4v) is 3.63. The third-order valence-corrected chi connectivity index (χ3v) is 4.86. The average Bonchev–Trinajstić information content (AvgIpc) is 3.17. The first-order valence-corrected chi connectivity index (χ1v) is 10.0. The first-order valence-electron chi connectivity index (χ1n) is 10.0. The van der Waals surface area contributed by atoms with Crippen LogP contribution in [0.3, 0.4) is 0 Å². The van der Waals surface area contributed by atoms with Crippen LogP contribution in [0, 0.1) is 19.8 Å². The number of imidazole rings is 1. The second-order valence-corrected chi connectivity index (χ2v) is 7.71. The normalized spacial score (nSPS) is 12.6. The predicted molar refractivity (Wildman–Crippen MR) is 110 cm³/mol. The van der Waals surface area contributed by atoms with E-state index in [-0.39, 0.29) is 11.9 Å². The second-order valence-electron chi connectivity index (χ2n) is 7.71. The molecule has 0 spiro atoms. The molecule has 150 valence electrons. The number of fused-ring (bicyclic) bond motifs is 1. The van der Waals surface area contributed by atoms with Gasteiger partial charge in [0.2, 0.25) is 5.91 Å². The number of nitrogens with zero attached hydrogens (tertiary/aromatic N) is 5. The third-order valence-electron chi connectivity index (χ3n) is 4.86. The van der Waals surface area contributed by atoms with E-state index in [1.807, 2.05) is 36.7 Å². The van der Waals surface area contributed by atoms with Crippen LogP contribution in [-0.2, 0) is 17.9 Å². The highest BCUT2D eigenvalue weighted by Gasteiger charge is 2.23. The molecule has 0 aromatic carbocycles. The molecule has 1 amide bonds. The van der Waals surface area contributed by atoms with Crippen LogP contribution < -0.4 is 5.32 Å². The van der Waals surface area contributed by atoms with Crippen LogP contribution in [-0.4, -0.2) is 30.2 Å². The molecule has 1 atom stereocenters. The summed E-state index contributed by atoms with van der Waals surface area (Å²) in [5, 5.41) is 7.64. The van der Waals surface area contributed by atoms with Crippen molar-refractivity contribution in [1.82, 2.24) is 29.6 Å². The van der Waals surface area contributed by atoms with Crippen LogP contribution in [0.2, 0.25) is 0 Å². The largest absolute Gasteiger partial charge is 0.346 e. The van der Waals surface area contributed by atoms with Crippen LogP contribution in [0.25, 0.3) is 11.2 Å². The zero-order valence-corrected chi connectivity index (χ0v) is 17.4. The molecule has 0 aliphatic carbocycles. The van der Waals surface area contributed by atoms with E-state index in [0.29, 0.717) is 18.9 Å². The lowest BCUT2D eigenvalue weighted by Gasteiger charge is -2.21. The third kappa shape index (κ3) is 4.40. The first kappa shape index (κ1) is 20.0. The van der Waals surface area contributed by atoms with Gasteiger partial charge in [-0.05, 0) is 51.3 Å². The van der Waals surface area contributed by atoms with Gasteiger partial charge in [-0.2, -0.15) is 5.10 Å². The van der Waals surface area contributed by atoms with Crippen molar-refractivity contribution in [2.45, 2.75) is 66.6 Å². The van der Waals surface area contributed by atoms with E-state index in [1.54, 1.807) is 6.20 Å². The molecule has 0 radical (unpaired) electrons. The van der Waals surface area contributed by atoms with Crippen LogP contribution in [0.5, 0.6) is 0 Å². The van der Waals surface area contributed by atoms with E-state index in [2.05, 4.69) is 40.7 Å². The molecule has 0 saturated heterocycles. The van der Waals surface area contributed by atoms with E-state index < -0.39 is 0 Å². The Morgan fingerprint density at radius 1 is 1.29 bits per heavy atom. The number of nitrogens with one attached hydrogen (secondary N) is 1. The number of aryl methyl sites for hydroxylation is 4. The monoisotopic (exact) mass is 382 g/mol. The van der Waals surface area contributed by atoms with Gasteiger partial charge in [0.15, 0.2) is 5.65 Å². The summed E-state index contributed by atoms with van der Waals surface area (Å²) in [6, 6.07) is 5.75. The molecule has 28 heavy (non-hydrogen) atoms. The molecule has 0 bridgehead atoms. The van der Waals surface area contributed by atoms with E-state index in [1.165, 1.54) is 0 Å². The molecular weight excluding hydrogens is 352 g/mol. The molecular formula is C21H30N6O. The van der Waals surface area contributed by atoms with Crippen molar-refractivity contribution >= 4 is 17.1 Å². The van der Waals surface area contributed by atoms with Crippen molar-refractivity contribution in [3.8, 4) is 0 Å². The summed E-state index contributed by atoms with van der Waals surface area (Å²) in [5.41, 5.74) is 3.78. The minimum absolute atomic E-state index is 0.0147. The van der Waals surface area contributed by atoms with Crippen molar-refractivity contribution in [2.24, 2.45) is 5.92 Å². The van der Waals surface area contributed by atoms with Gasteiger partial charge in [0, 0.05) is 31.4 Å². The minimum atomic E-state index is -0.137. The molecule has 1 N–H and O–H groups in total. The van der Waals surface area contributed by atoms with Gasteiger partial charge in [-0.3, -0.25) is 9.48 Å². The average molecular weight is 383 g/mol. The molecule has 3 aromatic rings. The maximum absolute atomic E-state index is 12.7. The zero-order valence-electron chi connectivity index (χ0n) is 17.4. The Morgan fingerprint density at radius 2 is 2.07 bits per heavy atom. The van der Waals surface area contributed by atoms with E-state index in [4.69, 9.17) is 4.98 Å². The number of aromatic nitrogens is 5. The van der Waals surface area contributed by atoms with E-state index >= 15 is 0 Å². The number of carbonyl (C=O) groups excluding carboxylic acids is 1. The van der Waals surface area contributed by atoms with Crippen molar-refractivity contribution < 1.29 is 4.79 Å². The Balaban J connectivity index is 1.79. The molecule has 3 rings (SSSR count). The summed E-state index contributed by atoms with van der Waals surface area (Å²) in [6.07, 6.45) is 3.00. The molecule has 0 aliphatic rings. The van der Waals surface area contributed by atoms with Crippen molar-refractivity contribution in [2.75, 3.05) is 0 Å². The molecule has 7 heteroatoms. The molecule has 0 aliphatic heterocycles. The Morgan fingerprint density at radius 3 is 2.71 bits per heavy atom. The highest BCUT2D eigenvalue weighted by molar-refractivity contribution is 5.77. The fourth-order valence-electron chi connectivity index (χ4n) is 3.63. The Bertz CT molecular complexity index is 955. The molecule has 0 saturated carbocycles. The quantitative estimate of drug-likeness (QED) is 0.646. The van der Waals surface area contributed by atoms with Gasteiger partial charge < -0.3 is 9.88 Å². The highest BCUT2D eigenvalue weighted by atomic mass is 16.1. The summed E-state index contributed by atoms with van der Waals surface area (Å²) in [5.74, 6) is 1.32. The maximum Gasteiger partial charge on any atom is 0.222 e. The molecule has 1 unspecified atom stereocenters. The summed E-state index contributed by atoms with van der Waals surface area (Å²) < 4.78 is 3.99. The van der Waals surface area contributed by atoms with Gasteiger partial charge in [-0.1, -0.05) is 13.8 Å². The van der Waals surface area contributed by atoms with E-state index in [9.17, 15) is 4.79 Å². The van der Waals surface area contributed by atoms with Crippen molar-refractivity contribution in [3.05, 3.63) is 41.6 Å². The van der Waals surface area contributed by atoms with Crippen molar-refractivity contribution in [3.63, 3.8) is 0 Å². The number of hydrogen-bond donors (Lipinski definition) is 1. The van der Waals surface area contributed by atoms with Gasteiger partial charge in [0.25, 0.3) is 0 Å². The lowest BCUT2D eigenvalue weighted by Crippen LogP contribution is -2.32.